The SMILES string of the molecule is CC(C)CNC(=O)C(C)NC(C)C#N. The van der Waals surface area contributed by atoms with Gasteiger partial charge in [0.25, 0.3) is 0 Å². The third-order valence-corrected chi connectivity index (χ3v) is 1.77. The van der Waals surface area contributed by atoms with Gasteiger partial charge in [0, 0.05) is 6.54 Å². The van der Waals surface area contributed by atoms with Crippen molar-refractivity contribution in [1.82, 2.24) is 10.6 Å². The highest BCUT2D eigenvalue weighted by Gasteiger charge is 2.14. The zero-order valence-corrected chi connectivity index (χ0v) is 9.29. The fraction of sp³-hybridized carbons (Fsp3) is 0.800. The van der Waals surface area contributed by atoms with Crippen molar-refractivity contribution in [2.75, 3.05) is 6.54 Å². The molecule has 0 aliphatic heterocycles. The van der Waals surface area contributed by atoms with Crippen molar-refractivity contribution in [2.45, 2.75) is 39.8 Å². The monoisotopic (exact) mass is 197 g/mol. The molecule has 0 spiro atoms. The van der Waals surface area contributed by atoms with E-state index in [1.165, 1.54) is 0 Å². The lowest BCUT2D eigenvalue weighted by molar-refractivity contribution is -0.123. The van der Waals surface area contributed by atoms with E-state index >= 15 is 0 Å². The molecular weight excluding hydrogens is 178 g/mol. The highest BCUT2D eigenvalue weighted by molar-refractivity contribution is 5.81. The minimum absolute atomic E-state index is 0.0548. The van der Waals surface area contributed by atoms with Crippen molar-refractivity contribution in [3.63, 3.8) is 0 Å². The van der Waals surface area contributed by atoms with Gasteiger partial charge in [-0.15, -0.1) is 0 Å². The Morgan fingerprint density at radius 1 is 1.36 bits per heavy atom. The molecule has 0 rings (SSSR count). The van der Waals surface area contributed by atoms with Gasteiger partial charge in [-0.05, 0) is 19.8 Å². The van der Waals surface area contributed by atoms with Crippen LogP contribution in [0.25, 0.3) is 0 Å². The molecule has 0 aromatic heterocycles. The number of hydrogen-bond acceptors (Lipinski definition) is 3. The molecule has 2 atom stereocenters. The molecular formula is C10H19N3O. The largest absolute Gasteiger partial charge is 0.354 e. The second kappa shape index (κ2) is 6.39. The Balaban J connectivity index is 3.83. The fourth-order valence-electron chi connectivity index (χ4n) is 0.946. The van der Waals surface area contributed by atoms with Gasteiger partial charge in [-0.3, -0.25) is 10.1 Å². The standard InChI is InChI=1S/C10H19N3O/c1-7(2)6-12-10(14)9(4)13-8(3)5-11/h7-9,13H,6H2,1-4H3,(H,12,14). The minimum atomic E-state index is -0.316. The van der Waals surface area contributed by atoms with Crippen LogP contribution in [0, 0.1) is 17.2 Å². The summed E-state index contributed by atoms with van der Waals surface area (Å²) >= 11 is 0. The fourth-order valence-corrected chi connectivity index (χ4v) is 0.946. The number of nitrogens with one attached hydrogen (secondary N) is 2. The Bertz CT molecular complexity index is 220. The first-order chi connectivity index (χ1) is 6.47. The number of carbonyl (C=O) groups is 1. The first-order valence-corrected chi connectivity index (χ1v) is 4.90. The van der Waals surface area contributed by atoms with E-state index in [-0.39, 0.29) is 18.0 Å². The molecule has 4 nitrogen and oxygen atoms in total. The lowest BCUT2D eigenvalue weighted by atomic mass is 10.2. The number of rotatable bonds is 5. The molecule has 0 heterocycles. The van der Waals surface area contributed by atoms with Crippen LogP contribution in [-0.4, -0.2) is 24.5 Å². The summed E-state index contributed by atoms with van der Waals surface area (Å²) < 4.78 is 0. The molecule has 0 aromatic carbocycles. The zero-order valence-electron chi connectivity index (χ0n) is 9.29. The van der Waals surface area contributed by atoms with Crippen molar-refractivity contribution < 1.29 is 4.79 Å². The highest BCUT2D eigenvalue weighted by Crippen LogP contribution is 1.90. The Kier molecular flexibility index (Phi) is 5.89. The summed E-state index contributed by atoms with van der Waals surface area (Å²) in [4.78, 5) is 11.4. The quantitative estimate of drug-likeness (QED) is 0.680. The predicted molar refractivity (Wildman–Crippen MR) is 55.5 cm³/mol. The van der Waals surface area contributed by atoms with Crippen LogP contribution >= 0.6 is 0 Å². The third-order valence-electron chi connectivity index (χ3n) is 1.77. The van der Waals surface area contributed by atoms with Crippen molar-refractivity contribution in [1.29, 1.82) is 5.26 Å². The topological polar surface area (TPSA) is 64.9 Å². The lowest BCUT2D eigenvalue weighted by Gasteiger charge is -2.16. The first kappa shape index (κ1) is 12.9. The number of carbonyl (C=O) groups excluding carboxylic acids is 1. The molecule has 4 heteroatoms. The molecule has 0 saturated heterocycles. The van der Waals surface area contributed by atoms with Gasteiger partial charge in [0.15, 0.2) is 0 Å². The van der Waals surface area contributed by atoms with Crippen LogP contribution in [0.5, 0.6) is 0 Å². The summed E-state index contributed by atoms with van der Waals surface area (Å²) in [7, 11) is 0. The number of nitrogens with zero attached hydrogens (tertiary/aromatic N) is 1. The van der Waals surface area contributed by atoms with Crippen LogP contribution in [0.2, 0.25) is 0 Å². The molecule has 14 heavy (non-hydrogen) atoms. The summed E-state index contributed by atoms with van der Waals surface area (Å²) in [6, 6.07) is 1.41. The summed E-state index contributed by atoms with van der Waals surface area (Å²) in [5, 5.41) is 14.2. The first-order valence-electron chi connectivity index (χ1n) is 4.90. The van der Waals surface area contributed by atoms with E-state index in [1.807, 2.05) is 19.9 Å². The second-order valence-corrected chi connectivity index (χ2v) is 3.88. The normalized spacial score (nSPS) is 14.6. The molecule has 0 radical (unpaired) electrons. The van der Waals surface area contributed by atoms with Crippen molar-refractivity contribution in [3.8, 4) is 6.07 Å². The maximum atomic E-state index is 11.4. The summed E-state index contributed by atoms with van der Waals surface area (Å²) in [5.74, 6) is 0.389. The second-order valence-electron chi connectivity index (χ2n) is 3.88. The van der Waals surface area contributed by atoms with E-state index in [1.54, 1.807) is 13.8 Å². The zero-order chi connectivity index (χ0) is 11.1. The highest BCUT2D eigenvalue weighted by atomic mass is 16.2. The van der Waals surface area contributed by atoms with E-state index in [2.05, 4.69) is 10.6 Å². The Labute approximate surface area is 85.7 Å². The minimum Gasteiger partial charge on any atom is -0.354 e. The molecule has 0 bridgehead atoms. The van der Waals surface area contributed by atoms with Crippen LogP contribution in [0.1, 0.15) is 27.7 Å². The average molecular weight is 197 g/mol. The van der Waals surface area contributed by atoms with Gasteiger partial charge in [-0.1, -0.05) is 13.8 Å². The Morgan fingerprint density at radius 2 is 1.93 bits per heavy atom. The smallest absolute Gasteiger partial charge is 0.236 e. The van der Waals surface area contributed by atoms with E-state index < -0.39 is 0 Å². The molecule has 0 aromatic rings. The van der Waals surface area contributed by atoms with Crippen LogP contribution in [0.15, 0.2) is 0 Å². The predicted octanol–water partition coefficient (Wildman–Crippen LogP) is 0.649. The molecule has 80 valence electrons. The van der Waals surface area contributed by atoms with Gasteiger partial charge in [0.2, 0.25) is 5.91 Å². The molecule has 2 N–H and O–H groups in total. The van der Waals surface area contributed by atoms with Crippen molar-refractivity contribution in [3.05, 3.63) is 0 Å². The Hall–Kier alpha value is -1.08. The van der Waals surface area contributed by atoms with Crippen LogP contribution < -0.4 is 10.6 Å². The van der Waals surface area contributed by atoms with Gasteiger partial charge in [-0.2, -0.15) is 5.26 Å². The molecule has 0 fully saturated rings. The summed E-state index contributed by atoms with van der Waals surface area (Å²) in [6.45, 7) is 8.23. The lowest BCUT2D eigenvalue weighted by Crippen LogP contribution is -2.46. The Morgan fingerprint density at radius 3 is 2.36 bits per heavy atom. The molecule has 0 aliphatic rings. The summed E-state index contributed by atoms with van der Waals surface area (Å²) in [5.41, 5.74) is 0. The van der Waals surface area contributed by atoms with Crippen LogP contribution in [0.4, 0.5) is 0 Å². The van der Waals surface area contributed by atoms with E-state index in [0.717, 1.165) is 0 Å². The van der Waals surface area contributed by atoms with E-state index in [4.69, 9.17) is 5.26 Å². The molecule has 0 saturated carbocycles. The maximum absolute atomic E-state index is 11.4. The average Bonchev–Trinajstić information content (AvgIpc) is 2.13. The van der Waals surface area contributed by atoms with E-state index in [9.17, 15) is 4.79 Å². The molecule has 0 aliphatic carbocycles. The molecule has 1 amide bonds. The van der Waals surface area contributed by atoms with Gasteiger partial charge < -0.3 is 5.32 Å². The molecule has 2 unspecified atom stereocenters. The van der Waals surface area contributed by atoms with Gasteiger partial charge in [0.05, 0.1) is 18.2 Å². The van der Waals surface area contributed by atoms with Gasteiger partial charge >= 0.3 is 0 Å². The third kappa shape index (κ3) is 5.55. The summed E-state index contributed by atoms with van der Waals surface area (Å²) in [6.07, 6.45) is 0. The van der Waals surface area contributed by atoms with Gasteiger partial charge in [0.1, 0.15) is 0 Å². The van der Waals surface area contributed by atoms with Crippen molar-refractivity contribution >= 4 is 5.91 Å². The van der Waals surface area contributed by atoms with Crippen molar-refractivity contribution in [2.24, 2.45) is 5.92 Å². The number of hydrogen-bond donors (Lipinski definition) is 2. The maximum Gasteiger partial charge on any atom is 0.236 e. The number of amides is 1. The number of nitriles is 1. The van der Waals surface area contributed by atoms with E-state index in [0.29, 0.717) is 12.5 Å². The van der Waals surface area contributed by atoms with Crippen LogP contribution in [-0.2, 0) is 4.79 Å². The van der Waals surface area contributed by atoms with Gasteiger partial charge in [-0.25, -0.2) is 0 Å². The van der Waals surface area contributed by atoms with Crippen LogP contribution in [0.3, 0.4) is 0 Å².